The summed E-state index contributed by atoms with van der Waals surface area (Å²) in [7, 11) is 5.76. The zero-order valence-corrected chi connectivity index (χ0v) is 8.61. The maximum Gasteiger partial charge on any atom is 0.408 e. The highest BCUT2D eigenvalue weighted by atomic mass is 35.5. The molecule has 0 aromatic heterocycles. The molecule has 1 atom stereocenters. The highest BCUT2D eigenvalue weighted by Crippen LogP contribution is 2.05. The van der Waals surface area contributed by atoms with Crippen molar-refractivity contribution in [3.63, 3.8) is 0 Å². The summed E-state index contributed by atoms with van der Waals surface area (Å²) < 4.78 is 5.27. The second-order valence-corrected chi connectivity index (χ2v) is 3.38. The summed E-state index contributed by atoms with van der Waals surface area (Å²) in [5.41, 5.74) is -0.749. The van der Waals surface area contributed by atoms with Gasteiger partial charge in [-0.3, -0.25) is 4.48 Å². The van der Waals surface area contributed by atoms with Gasteiger partial charge >= 0.3 is 5.43 Å². The second kappa shape index (κ2) is 4.80. The first-order chi connectivity index (χ1) is 4.34. The molecule has 5 heteroatoms. The monoisotopic (exact) mass is 201 g/mol. The van der Waals surface area contributed by atoms with E-state index < -0.39 is 5.43 Å². The van der Waals surface area contributed by atoms with E-state index in [2.05, 4.69) is 0 Å². The summed E-state index contributed by atoms with van der Waals surface area (Å²) in [5, 5.41) is 0. The molecule has 0 heterocycles. The van der Waals surface area contributed by atoms with Crippen LogP contribution in [0.25, 0.3) is 0 Å². The molecule has 0 spiro atoms. The zero-order chi connectivity index (χ0) is 8.36. The summed E-state index contributed by atoms with van der Waals surface area (Å²) >= 11 is 5.01. The molecular weight excluding hydrogens is 189 g/mol. The van der Waals surface area contributed by atoms with Crippen molar-refractivity contribution in [2.24, 2.45) is 0 Å². The number of rotatable bonds is 2. The molecule has 11 heavy (non-hydrogen) atoms. The molecule has 0 aliphatic rings. The quantitative estimate of drug-likeness (QED) is 0.307. The number of carbonyl (C=O) groups is 1. The molecule has 0 radical (unpaired) electrons. The predicted molar refractivity (Wildman–Crippen MR) is 39.8 cm³/mol. The molecular formula is C6H13Cl2NO2. The van der Waals surface area contributed by atoms with Crippen molar-refractivity contribution in [3.05, 3.63) is 0 Å². The Morgan fingerprint density at radius 1 is 1.45 bits per heavy atom. The third-order valence-electron chi connectivity index (χ3n) is 1.35. The molecule has 0 aromatic carbocycles. The van der Waals surface area contributed by atoms with Crippen molar-refractivity contribution < 1.29 is 26.4 Å². The summed E-state index contributed by atoms with van der Waals surface area (Å²) in [5.74, 6) is 0. The van der Waals surface area contributed by atoms with Crippen LogP contribution in [-0.4, -0.2) is 37.3 Å². The first-order valence-electron chi connectivity index (χ1n) is 3.01. The van der Waals surface area contributed by atoms with E-state index in [-0.39, 0.29) is 18.6 Å². The molecule has 1 unspecified atom stereocenters. The van der Waals surface area contributed by atoms with Gasteiger partial charge in [0.2, 0.25) is 6.23 Å². The van der Waals surface area contributed by atoms with Crippen LogP contribution < -0.4 is 12.4 Å². The fourth-order valence-corrected chi connectivity index (χ4v) is 0.421. The first kappa shape index (κ1) is 13.6. The molecule has 0 rings (SSSR count). The van der Waals surface area contributed by atoms with Gasteiger partial charge in [-0.25, -0.2) is 4.79 Å². The highest BCUT2D eigenvalue weighted by molar-refractivity contribution is 6.61. The van der Waals surface area contributed by atoms with E-state index in [1.807, 2.05) is 21.1 Å². The van der Waals surface area contributed by atoms with Crippen molar-refractivity contribution in [2.45, 2.75) is 13.2 Å². The van der Waals surface area contributed by atoms with Crippen LogP contribution >= 0.6 is 11.6 Å². The number of ether oxygens (including phenoxy) is 1. The Labute approximate surface area is 78.3 Å². The Morgan fingerprint density at radius 2 is 1.82 bits per heavy atom. The molecule has 3 nitrogen and oxygen atoms in total. The number of hydrogen-bond acceptors (Lipinski definition) is 2. The Hall–Kier alpha value is 0.01000. The normalized spacial score (nSPS) is 13.2. The minimum atomic E-state index is -0.749. The van der Waals surface area contributed by atoms with Crippen LogP contribution in [0.2, 0.25) is 0 Å². The second-order valence-electron chi connectivity index (χ2n) is 3.07. The van der Waals surface area contributed by atoms with Gasteiger partial charge in [-0.05, 0) is 0 Å². The lowest BCUT2D eigenvalue weighted by atomic mass is 10.5. The number of halogens is 2. The molecule has 68 valence electrons. The van der Waals surface area contributed by atoms with E-state index >= 15 is 0 Å². The lowest BCUT2D eigenvalue weighted by Crippen LogP contribution is -3.00. The van der Waals surface area contributed by atoms with Crippen molar-refractivity contribution in [2.75, 3.05) is 21.1 Å². The maximum absolute atomic E-state index is 10.2. The number of hydrogen-bond donors (Lipinski definition) is 0. The fourth-order valence-electron chi connectivity index (χ4n) is 0.292. The highest BCUT2D eigenvalue weighted by Gasteiger charge is 2.20. The van der Waals surface area contributed by atoms with Gasteiger partial charge in [-0.2, -0.15) is 0 Å². The summed E-state index contributed by atoms with van der Waals surface area (Å²) in [6.07, 6.45) is -0.204. The molecule has 0 N–H and O–H groups in total. The van der Waals surface area contributed by atoms with Gasteiger partial charge in [-0.1, -0.05) is 0 Å². The van der Waals surface area contributed by atoms with Crippen molar-refractivity contribution in [1.82, 2.24) is 0 Å². The summed E-state index contributed by atoms with van der Waals surface area (Å²) in [4.78, 5) is 10.2. The van der Waals surface area contributed by atoms with Gasteiger partial charge in [0, 0.05) is 18.5 Å². The van der Waals surface area contributed by atoms with Gasteiger partial charge in [0.25, 0.3) is 0 Å². The van der Waals surface area contributed by atoms with E-state index in [0.717, 1.165) is 0 Å². The van der Waals surface area contributed by atoms with Crippen molar-refractivity contribution in [1.29, 1.82) is 0 Å². The van der Waals surface area contributed by atoms with Crippen LogP contribution in [0.4, 0.5) is 4.79 Å². The van der Waals surface area contributed by atoms with Crippen LogP contribution in [0, 0.1) is 0 Å². The molecule has 0 aromatic rings. The molecule has 0 aliphatic carbocycles. The third kappa shape index (κ3) is 6.41. The SMILES string of the molecule is CC(OC(=O)Cl)[N+](C)(C)C.[Cl-]. The van der Waals surface area contributed by atoms with E-state index in [9.17, 15) is 4.79 Å². The third-order valence-corrected chi connectivity index (χ3v) is 1.44. The minimum Gasteiger partial charge on any atom is -1.00 e. The number of carbonyl (C=O) groups excluding carboxylic acids is 1. The van der Waals surface area contributed by atoms with Gasteiger partial charge in [-0.15, -0.1) is 0 Å². The van der Waals surface area contributed by atoms with Gasteiger partial charge < -0.3 is 17.1 Å². The van der Waals surface area contributed by atoms with E-state index in [0.29, 0.717) is 4.48 Å². The van der Waals surface area contributed by atoms with E-state index in [1.165, 1.54) is 0 Å². The minimum absolute atomic E-state index is 0. The fraction of sp³-hybridized carbons (Fsp3) is 0.833. The number of quaternary nitrogens is 1. The standard InChI is InChI=1S/C6H13ClNO2.ClH/c1-5(8(2,3)4)10-6(7)9;/h5H,1-4H3;1H/q+1;/p-1. The Balaban J connectivity index is 0. The molecule has 0 bridgehead atoms. The molecule has 0 amide bonds. The Bertz CT molecular complexity index is 133. The molecule has 0 saturated carbocycles. The van der Waals surface area contributed by atoms with Gasteiger partial charge in [0.1, 0.15) is 0 Å². The zero-order valence-electron chi connectivity index (χ0n) is 7.10. The smallest absolute Gasteiger partial charge is 0.408 e. The lowest BCUT2D eigenvalue weighted by Gasteiger charge is -2.29. The molecule has 0 aliphatic heterocycles. The van der Waals surface area contributed by atoms with Crippen LogP contribution in [0.5, 0.6) is 0 Å². The van der Waals surface area contributed by atoms with Crippen LogP contribution in [-0.2, 0) is 4.74 Å². The number of nitrogens with zero attached hydrogens (tertiary/aromatic N) is 1. The topological polar surface area (TPSA) is 26.3 Å². The Kier molecular flexibility index (Phi) is 5.93. The predicted octanol–water partition coefficient (Wildman–Crippen LogP) is -1.58. The first-order valence-corrected chi connectivity index (χ1v) is 3.39. The lowest BCUT2D eigenvalue weighted by molar-refractivity contribution is -0.914. The van der Waals surface area contributed by atoms with Crippen LogP contribution in [0.3, 0.4) is 0 Å². The average molecular weight is 202 g/mol. The summed E-state index contributed by atoms with van der Waals surface area (Å²) in [6.45, 7) is 1.79. The van der Waals surface area contributed by atoms with Crippen molar-refractivity contribution >= 4 is 17.0 Å². The maximum atomic E-state index is 10.2. The van der Waals surface area contributed by atoms with Crippen molar-refractivity contribution in [3.8, 4) is 0 Å². The van der Waals surface area contributed by atoms with E-state index in [1.54, 1.807) is 6.92 Å². The van der Waals surface area contributed by atoms with Gasteiger partial charge in [0.05, 0.1) is 21.1 Å². The van der Waals surface area contributed by atoms with Gasteiger partial charge in [0.15, 0.2) is 0 Å². The molecule has 0 fully saturated rings. The average Bonchev–Trinajstić information content (AvgIpc) is 1.60. The Morgan fingerprint density at radius 3 is 1.91 bits per heavy atom. The van der Waals surface area contributed by atoms with Crippen LogP contribution in [0.1, 0.15) is 6.92 Å². The van der Waals surface area contributed by atoms with E-state index in [4.69, 9.17) is 16.3 Å². The summed E-state index contributed by atoms with van der Waals surface area (Å²) in [6, 6.07) is 0. The van der Waals surface area contributed by atoms with Crippen LogP contribution in [0.15, 0.2) is 0 Å². The largest absolute Gasteiger partial charge is 1.00 e. The molecule has 0 saturated heterocycles.